The third kappa shape index (κ3) is 3.94. The fourth-order valence-corrected chi connectivity index (χ4v) is 3.73. The molecule has 1 aromatic carbocycles. The van der Waals surface area contributed by atoms with Crippen molar-refractivity contribution in [2.24, 2.45) is 0 Å². The van der Waals surface area contributed by atoms with Gasteiger partial charge in [0.25, 0.3) is 0 Å². The van der Waals surface area contributed by atoms with Crippen LogP contribution in [0.1, 0.15) is 21.5 Å². The second-order valence-electron chi connectivity index (χ2n) is 4.94. The first-order chi connectivity index (χ1) is 10.8. The number of methoxy groups -OCH3 is 1. The van der Waals surface area contributed by atoms with Crippen molar-refractivity contribution in [3.8, 4) is 5.75 Å². The zero-order chi connectivity index (χ0) is 15.2. The highest BCUT2D eigenvalue weighted by Crippen LogP contribution is 2.23. The normalized spacial score (nSPS) is 12.2. The van der Waals surface area contributed by atoms with E-state index in [-0.39, 0.29) is 6.04 Å². The van der Waals surface area contributed by atoms with Crippen molar-refractivity contribution >= 4 is 22.7 Å². The Morgan fingerprint density at radius 2 is 2.00 bits per heavy atom. The molecule has 0 aliphatic carbocycles. The molecule has 22 heavy (non-hydrogen) atoms. The molecule has 1 N–H and O–H groups in total. The Morgan fingerprint density at radius 3 is 2.64 bits per heavy atom. The van der Waals surface area contributed by atoms with E-state index in [0.29, 0.717) is 0 Å². The second-order valence-corrected chi connectivity index (χ2v) is 6.89. The molecule has 3 rings (SSSR count). The summed E-state index contributed by atoms with van der Waals surface area (Å²) in [6.45, 7) is 0.819. The van der Waals surface area contributed by atoms with E-state index in [1.807, 2.05) is 23.7 Å². The van der Waals surface area contributed by atoms with Crippen molar-refractivity contribution in [3.63, 3.8) is 0 Å². The summed E-state index contributed by atoms with van der Waals surface area (Å²) in [4.78, 5) is 5.85. The number of rotatable bonds is 7. The van der Waals surface area contributed by atoms with Crippen LogP contribution in [0.3, 0.4) is 0 Å². The van der Waals surface area contributed by atoms with Gasteiger partial charge in [0, 0.05) is 29.4 Å². The lowest BCUT2D eigenvalue weighted by Crippen LogP contribution is -2.22. The molecule has 0 spiro atoms. The lowest BCUT2D eigenvalue weighted by Gasteiger charge is -2.16. The van der Waals surface area contributed by atoms with Gasteiger partial charge in [0.1, 0.15) is 10.8 Å². The Kier molecular flexibility index (Phi) is 5.21. The molecule has 0 radical (unpaired) electrons. The van der Waals surface area contributed by atoms with E-state index < -0.39 is 0 Å². The van der Waals surface area contributed by atoms with E-state index in [1.54, 1.807) is 29.8 Å². The number of nitrogens with zero attached hydrogens (tertiary/aromatic N) is 1. The number of hydrogen-bond donors (Lipinski definition) is 1. The molecule has 0 amide bonds. The molecule has 0 fully saturated rings. The van der Waals surface area contributed by atoms with Gasteiger partial charge < -0.3 is 10.1 Å². The zero-order valence-electron chi connectivity index (χ0n) is 12.4. The first-order valence-corrected chi connectivity index (χ1v) is 8.89. The van der Waals surface area contributed by atoms with Crippen LogP contribution < -0.4 is 10.1 Å². The van der Waals surface area contributed by atoms with Crippen molar-refractivity contribution in [1.82, 2.24) is 10.3 Å². The third-order valence-corrected chi connectivity index (χ3v) is 5.23. The number of thiazole rings is 1. The fourth-order valence-electron chi connectivity index (χ4n) is 2.27. The van der Waals surface area contributed by atoms with Crippen molar-refractivity contribution in [2.75, 3.05) is 7.11 Å². The molecule has 3 nitrogen and oxygen atoms in total. The predicted molar refractivity (Wildman–Crippen MR) is 92.7 cm³/mol. The Balaban J connectivity index is 1.67. The van der Waals surface area contributed by atoms with Gasteiger partial charge in [0.15, 0.2) is 0 Å². The average molecular weight is 330 g/mol. The van der Waals surface area contributed by atoms with Gasteiger partial charge in [0.2, 0.25) is 0 Å². The monoisotopic (exact) mass is 330 g/mol. The highest BCUT2D eigenvalue weighted by atomic mass is 32.1. The van der Waals surface area contributed by atoms with Crippen LogP contribution in [0.15, 0.2) is 53.4 Å². The van der Waals surface area contributed by atoms with Crippen molar-refractivity contribution in [3.05, 3.63) is 68.8 Å². The summed E-state index contributed by atoms with van der Waals surface area (Å²) in [5.41, 5.74) is 1.24. The number of nitrogens with one attached hydrogen (secondary N) is 1. The second kappa shape index (κ2) is 7.54. The molecule has 0 saturated carbocycles. The van der Waals surface area contributed by atoms with Crippen LogP contribution in [0.2, 0.25) is 0 Å². The zero-order valence-corrected chi connectivity index (χ0v) is 14.0. The Labute approximate surface area is 138 Å². The van der Waals surface area contributed by atoms with Crippen LogP contribution >= 0.6 is 22.7 Å². The molecule has 0 saturated heterocycles. The fraction of sp³-hybridized carbons (Fsp3) is 0.235. The van der Waals surface area contributed by atoms with Crippen LogP contribution in [0.4, 0.5) is 0 Å². The van der Waals surface area contributed by atoms with Crippen LogP contribution in [0, 0.1) is 0 Å². The summed E-state index contributed by atoms with van der Waals surface area (Å²) in [5, 5.41) is 8.92. The van der Waals surface area contributed by atoms with Crippen LogP contribution in [-0.4, -0.2) is 12.1 Å². The molecule has 2 heterocycles. The predicted octanol–water partition coefficient (Wildman–Crippen LogP) is 4.29. The molecular formula is C17H18N2OS2. The third-order valence-electron chi connectivity index (χ3n) is 3.45. The summed E-state index contributed by atoms with van der Waals surface area (Å²) in [5.74, 6) is 0.888. The highest BCUT2D eigenvalue weighted by Gasteiger charge is 2.15. The molecular weight excluding hydrogens is 312 g/mol. The number of thiophene rings is 1. The molecule has 2 aromatic heterocycles. The van der Waals surface area contributed by atoms with Gasteiger partial charge in [-0.05, 0) is 29.1 Å². The number of ether oxygens (including phenoxy) is 1. The lowest BCUT2D eigenvalue weighted by atomic mass is 10.1. The Hall–Kier alpha value is -1.69. The smallest absolute Gasteiger partial charge is 0.118 e. The minimum Gasteiger partial charge on any atom is -0.497 e. The van der Waals surface area contributed by atoms with E-state index in [2.05, 4.69) is 39.9 Å². The van der Waals surface area contributed by atoms with Crippen molar-refractivity contribution < 1.29 is 4.74 Å². The van der Waals surface area contributed by atoms with Gasteiger partial charge in [-0.25, -0.2) is 4.98 Å². The molecule has 1 atom stereocenters. The minimum atomic E-state index is 0.251. The molecule has 5 heteroatoms. The van der Waals surface area contributed by atoms with Crippen LogP contribution in [-0.2, 0) is 13.0 Å². The van der Waals surface area contributed by atoms with Crippen molar-refractivity contribution in [2.45, 2.75) is 19.0 Å². The lowest BCUT2D eigenvalue weighted by molar-refractivity contribution is 0.414. The molecule has 3 aromatic rings. The topological polar surface area (TPSA) is 34.1 Å². The molecule has 114 valence electrons. The van der Waals surface area contributed by atoms with Gasteiger partial charge in [0.05, 0.1) is 13.2 Å². The summed E-state index contributed by atoms with van der Waals surface area (Å²) in [6, 6.07) is 12.7. The van der Waals surface area contributed by atoms with Gasteiger partial charge >= 0.3 is 0 Å². The van der Waals surface area contributed by atoms with Gasteiger partial charge in [-0.1, -0.05) is 18.2 Å². The molecule has 1 unspecified atom stereocenters. The van der Waals surface area contributed by atoms with E-state index in [1.165, 1.54) is 10.4 Å². The SMILES string of the molecule is COc1ccc(CNC(Cc2cccs2)c2nccs2)cc1. The molecule has 0 bridgehead atoms. The maximum atomic E-state index is 5.20. The van der Waals surface area contributed by atoms with E-state index in [9.17, 15) is 0 Å². The average Bonchev–Trinajstić information content (AvgIpc) is 3.25. The molecule has 0 aliphatic rings. The largest absolute Gasteiger partial charge is 0.497 e. The minimum absolute atomic E-state index is 0.251. The van der Waals surface area contributed by atoms with E-state index in [0.717, 1.165) is 23.7 Å². The molecule has 0 aliphatic heterocycles. The number of hydrogen-bond acceptors (Lipinski definition) is 5. The quantitative estimate of drug-likeness (QED) is 0.702. The highest BCUT2D eigenvalue weighted by molar-refractivity contribution is 7.10. The van der Waals surface area contributed by atoms with E-state index >= 15 is 0 Å². The van der Waals surface area contributed by atoms with Crippen molar-refractivity contribution in [1.29, 1.82) is 0 Å². The standard InChI is InChI=1S/C17H18N2OS2/c1-20-14-6-4-13(5-7-14)12-19-16(17-18-8-10-22-17)11-15-3-2-9-21-15/h2-10,16,19H,11-12H2,1H3. The van der Waals surface area contributed by atoms with E-state index in [4.69, 9.17) is 4.74 Å². The number of benzene rings is 1. The maximum absolute atomic E-state index is 5.20. The van der Waals surface area contributed by atoms with Crippen LogP contribution in [0.5, 0.6) is 5.75 Å². The van der Waals surface area contributed by atoms with Gasteiger partial charge in [-0.2, -0.15) is 0 Å². The summed E-state index contributed by atoms with van der Waals surface area (Å²) < 4.78 is 5.20. The van der Waals surface area contributed by atoms with Crippen LogP contribution in [0.25, 0.3) is 0 Å². The summed E-state index contributed by atoms with van der Waals surface area (Å²) >= 11 is 3.50. The summed E-state index contributed by atoms with van der Waals surface area (Å²) in [7, 11) is 1.69. The first-order valence-electron chi connectivity index (χ1n) is 7.13. The van der Waals surface area contributed by atoms with Gasteiger partial charge in [-0.3, -0.25) is 0 Å². The Morgan fingerprint density at radius 1 is 1.14 bits per heavy atom. The maximum Gasteiger partial charge on any atom is 0.118 e. The summed E-state index contributed by atoms with van der Waals surface area (Å²) in [6.07, 6.45) is 2.85. The van der Waals surface area contributed by atoms with Gasteiger partial charge in [-0.15, -0.1) is 22.7 Å². The number of aromatic nitrogens is 1. The first kappa shape index (κ1) is 15.2. The Bertz CT molecular complexity index is 663.